The zero-order valence-corrected chi connectivity index (χ0v) is 15.2. The van der Waals surface area contributed by atoms with Gasteiger partial charge in [-0.2, -0.15) is 0 Å². The highest BCUT2D eigenvalue weighted by molar-refractivity contribution is 6.64. The van der Waals surface area contributed by atoms with Crippen molar-refractivity contribution >= 4 is 24.4 Å². The van der Waals surface area contributed by atoms with E-state index in [1.54, 1.807) is 6.08 Å². The van der Waals surface area contributed by atoms with Gasteiger partial charge in [-0.1, -0.05) is 61.2 Å². The Morgan fingerprint density at radius 1 is 0.960 bits per heavy atom. The SMILES string of the molecule is C=Cc1ccc(C(=O)c2ccccc2B2OC(C)(C)C(C)(C)O2)cc1. The first-order valence-electron chi connectivity index (χ1n) is 8.47. The first-order chi connectivity index (χ1) is 11.7. The normalized spacial score (nSPS) is 18.2. The summed E-state index contributed by atoms with van der Waals surface area (Å²) in [6.07, 6.45) is 1.76. The number of carbonyl (C=O) groups excluding carboxylic acids is 1. The third-order valence-electron chi connectivity index (χ3n) is 5.12. The lowest BCUT2D eigenvalue weighted by Crippen LogP contribution is -2.41. The number of ketones is 1. The molecule has 3 rings (SSSR count). The maximum absolute atomic E-state index is 13.0. The van der Waals surface area contributed by atoms with E-state index >= 15 is 0 Å². The van der Waals surface area contributed by atoms with E-state index in [1.165, 1.54) is 0 Å². The molecule has 0 unspecified atom stereocenters. The molecular formula is C21H23BO3. The predicted molar refractivity (Wildman–Crippen MR) is 102 cm³/mol. The smallest absolute Gasteiger partial charge is 0.399 e. The van der Waals surface area contributed by atoms with Gasteiger partial charge in [0.15, 0.2) is 5.78 Å². The summed E-state index contributed by atoms with van der Waals surface area (Å²) < 4.78 is 12.3. The molecular weight excluding hydrogens is 311 g/mol. The van der Waals surface area contributed by atoms with Gasteiger partial charge in [-0.3, -0.25) is 4.79 Å². The molecule has 0 N–H and O–H groups in total. The number of benzene rings is 2. The maximum atomic E-state index is 13.0. The number of hydrogen-bond acceptors (Lipinski definition) is 3. The van der Waals surface area contributed by atoms with Crippen LogP contribution in [0, 0.1) is 0 Å². The van der Waals surface area contributed by atoms with Gasteiger partial charge in [0.1, 0.15) is 0 Å². The van der Waals surface area contributed by atoms with Crippen molar-refractivity contribution in [2.75, 3.05) is 0 Å². The van der Waals surface area contributed by atoms with E-state index in [2.05, 4.69) is 6.58 Å². The first kappa shape index (κ1) is 17.7. The van der Waals surface area contributed by atoms with E-state index < -0.39 is 18.3 Å². The molecule has 25 heavy (non-hydrogen) atoms. The van der Waals surface area contributed by atoms with Crippen LogP contribution >= 0.6 is 0 Å². The van der Waals surface area contributed by atoms with Gasteiger partial charge in [-0.05, 0) is 38.7 Å². The average Bonchev–Trinajstić information content (AvgIpc) is 2.82. The topological polar surface area (TPSA) is 35.5 Å². The van der Waals surface area contributed by atoms with Crippen molar-refractivity contribution in [3.63, 3.8) is 0 Å². The van der Waals surface area contributed by atoms with Crippen LogP contribution in [0.5, 0.6) is 0 Å². The Hall–Kier alpha value is -2.17. The van der Waals surface area contributed by atoms with Crippen molar-refractivity contribution in [1.29, 1.82) is 0 Å². The van der Waals surface area contributed by atoms with E-state index in [4.69, 9.17) is 9.31 Å². The fourth-order valence-corrected chi connectivity index (χ4v) is 2.81. The van der Waals surface area contributed by atoms with Crippen molar-refractivity contribution in [2.45, 2.75) is 38.9 Å². The summed E-state index contributed by atoms with van der Waals surface area (Å²) in [7, 11) is -0.558. The van der Waals surface area contributed by atoms with Crippen molar-refractivity contribution in [2.24, 2.45) is 0 Å². The molecule has 0 amide bonds. The predicted octanol–water partition coefficient (Wildman–Crippen LogP) is 3.86. The van der Waals surface area contributed by atoms with E-state index in [9.17, 15) is 4.79 Å². The van der Waals surface area contributed by atoms with Gasteiger partial charge in [0.2, 0.25) is 0 Å². The lowest BCUT2D eigenvalue weighted by Gasteiger charge is -2.32. The molecule has 1 aliphatic heterocycles. The first-order valence-corrected chi connectivity index (χ1v) is 8.47. The molecule has 1 aliphatic rings. The summed E-state index contributed by atoms with van der Waals surface area (Å²) in [6, 6.07) is 14.9. The van der Waals surface area contributed by atoms with Crippen molar-refractivity contribution in [3.05, 3.63) is 71.8 Å². The third kappa shape index (κ3) is 3.20. The number of hydrogen-bond donors (Lipinski definition) is 0. The molecule has 2 aromatic rings. The van der Waals surface area contributed by atoms with Crippen LogP contribution in [0.15, 0.2) is 55.1 Å². The van der Waals surface area contributed by atoms with Crippen LogP contribution < -0.4 is 5.46 Å². The Morgan fingerprint density at radius 2 is 1.52 bits per heavy atom. The highest BCUT2D eigenvalue weighted by Gasteiger charge is 2.52. The molecule has 128 valence electrons. The van der Waals surface area contributed by atoms with Gasteiger partial charge in [0.05, 0.1) is 11.2 Å². The van der Waals surface area contributed by atoms with E-state index in [1.807, 2.05) is 76.2 Å². The van der Waals surface area contributed by atoms with Crippen LogP contribution in [0.4, 0.5) is 0 Å². The second-order valence-corrected chi connectivity index (χ2v) is 7.33. The molecule has 1 fully saturated rings. The Morgan fingerprint density at radius 3 is 2.08 bits per heavy atom. The molecule has 0 bridgehead atoms. The summed E-state index contributed by atoms with van der Waals surface area (Å²) in [6.45, 7) is 11.8. The Bertz CT molecular complexity index is 790. The van der Waals surface area contributed by atoms with Gasteiger partial charge in [0, 0.05) is 11.1 Å². The highest BCUT2D eigenvalue weighted by Crippen LogP contribution is 2.36. The average molecular weight is 334 g/mol. The molecule has 3 nitrogen and oxygen atoms in total. The van der Waals surface area contributed by atoms with Crippen LogP contribution in [0.1, 0.15) is 49.2 Å². The minimum absolute atomic E-state index is 0.0408. The highest BCUT2D eigenvalue weighted by atomic mass is 16.7. The Labute approximate surface area is 149 Å². The van der Waals surface area contributed by atoms with Crippen LogP contribution in [0.25, 0.3) is 6.08 Å². The van der Waals surface area contributed by atoms with E-state index in [0.29, 0.717) is 11.1 Å². The fourth-order valence-electron chi connectivity index (χ4n) is 2.81. The van der Waals surface area contributed by atoms with Crippen LogP contribution in [0.3, 0.4) is 0 Å². The van der Waals surface area contributed by atoms with E-state index in [0.717, 1.165) is 11.0 Å². The maximum Gasteiger partial charge on any atom is 0.495 e. The van der Waals surface area contributed by atoms with Crippen molar-refractivity contribution < 1.29 is 14.1 Å². The van der Waals surface area contributed by atoms with Crippen molar-refractivity contribution in [3.8, 4) is 0 Å². The lowest BCUT2D eigenvalue weighted by molar-refractivity contribution is 0.00578. The molecule has 0 radical (unpaired) electrons. The monoisotopic (exact) mass is 334 g/mol. The quantitative estimate of drug-likeness (QED) is 0.629. The standard InChI is InChI=1S/C21H23BO3/c1-6-15-11-13-16(14-12-15)19(23)17-9-7-8-10-18(17)22-24-20(2,3)21(4,5)25-22/h6-14H,1H2,2-5H3. The zero-order chi connectivity index (χ0) is 18.2. The van der Waals surface area contributed by atoms with Gasteiger partial charge < -0.3 is 9.31 Å². The summed E-state index contributed by atoms with van der Waals surface area (Å²) in [5, 5.41) is 0. The molecule has 4 heteroatoms. The molecule has 0 saturated carbocycles. The van der Waals surface area contributed by atoms with Gasteiger partial charge in [0.25, 0.3) is 0 Å². The fraction of sp³-hybridized carbons (Fsp3) is 0.286. The zero-order valence-electron chi connectivity index (χ0n) is 15.2. The van der Waals surface area contributed by atoms with Crippen LogP contribution in [-0.4, -0.2) is 24.1 Å². The van der Waals surface area contributed by atoms with Gasteiger partial charge >= 0.3 is 7.12 Å². The van der Waals surface area contributed by atoms with Crippen LogP contribution in [0.2, 0.25) is 0 Å². The summed E-state index contributed by atoms with van der Waals surface area (Å²) in [5.74, 6) is -0.0408. The molecule has 0 aromatic heterocycles. The molecule has 0 aliphatic carbocycles. The largest absolute Gasteiger partial charge is 0.495 e. The minimum Gasteiger partial charge on any atom is -0.399 e. The van der Waals surface area contributed by atoms with Gasteiger partial charge in [-0.25, -0.2) is 0 Å². The lowest BCUT2D eigenvalue weighted by atomic mass is 9.74. The second kappa shape index (κ2) is 6.28. The molecule has 2 aromatic carbocycles. The summed E-state index contributed by atoms with van der Waals surface area (Å²) in [5.41, 5.74) is 2.09. The Balaban J connectivity index is 1.96. The Kier molecular flexibility index (Phi) is 4.44. The number of rotatable bonds is 4. The molecule has 0 spiro atoms. The van der Waals surface area contributed by atoms with Gasteiger partial charge in [-0.15, -0.1) is 0 Å². The van der Waals surface area contributed by atoms with E-state index in [-0.39, 0.29) is 5.78 Å². The second-order valence-electron chi connectivity index (χ2n) is 7.33. The molecule has 1 saturated heterocycles. The third-order valence-corrected chi connectivity index (χ3v) is 5.12. The molecule has 0 atom stereocenters. The number of carbonyl (C=O) groups is 1. The summed E-state index contributed by atoms with van der Waals surface area (Å²) >= 11 is 0. The molecule has 1 heterocycles. The van der Waals surface area contributed by atoms with Crippen LogP contribution in [-0.2, 0) is 9.31 Å². The van der Waals surface area contributed by atoms with Crippen molar-refractivity contribution in [1.82, 2.24) is 0 Å². The summed E-state index contributed by atoms with van der Waals surface area (Å²) in [4.78, 5) is 13.0. The minimum atomic E-state index is -0.558.